The molecule has 212 valence electrons. The molecule has 1 atom stereocenters. The van der Waals surface area contributed by atoms with Gasteiger partial charge in [0, 0.05) is 37.0 Å². The van der Waals surface area contributed by atoms with Gasteiger partial charge in [-0.3, -0.25) is 29.9 Å². The van der Waals surface area contributed by atoms with E-state index >= 15 is 0 Å². The standard InChI is InChI=1S/C26H37N7O6/c1-17(2)25(31-21(34)6-4-3-5-13-33-23(36)11-12-24(33)37)20(32-28)14-29-15-22(35)30-19-9-7-18(8-10-19)16-39-26(27)38/h7-12,14,17,25,29,32H,3-6,13,15-16,28H2,1-2H3,(H2,27,38)(H,30,35)(H,31,34)/b20-14-/t25-/m0/s1. The number of hydrogen-bond donors (Lipinski definition) is 6. The highest BCUT2D eigenvalue weighted by Gasteiger charge is 2.23. The molecule has 0 aliphatic carbocycles. The average Bonchev–Trinajstić information content (AvgIpc) is 3.21. The minimum Gasteiger partial charge on any atom is -0.445 e. The summed E-state index contributed by atoms with van der Waals surface area (Å²) in [5, 5.41) is 8.59. The van der Waals surface area contributed by atoms with Gasteiger partial charge < -0.3 is 31.8 Å². The Hall–Kier alpha value is -4.39. The van der Waals surface area contributed by atoms with Gasteiger partial charge in [-0.1, -0.05) is 32.4 Å². The molecular formula is C26H37N7O6. The number of hydrazine groups is 1. The highest BCUT2D eigenvalue weighted by atomic mass is 16.5. The second-order valence-electron chi connectivity index (χ2n) is 9.24. The van der Waals surface area contributed by atoms with Gasteiger partial charge in [-0.2, -0.15) is 0 Å². The number of carbonyl (C=O) groups excluding carboxylic acids is 5. The first-order chi connectivity index (χ1) is 18.6. The van der Waals surface area contributed by atoms with Gasteiger partial charge in [0.2, 0.25) is 11.8 Å². The number of rotatable bonds is 16. The average molecular weight is 544 g/mol. The Bertz CT molecular complexity index is 1070. The molecule has 39 heavy (non-hydrogen) atoms. The summed E-state index contributed by atoms with van der Waals surface area (Å²) in [6.07, 6.45) is 5.39. The van der Waals surface area contributed by atoms with Gasteiger partial charge in [0.1, 0.15) is 6.61 Å². The molecular weight excluding hydrogens is 506 g/mol. The molecule has 0 bridgehead atoms. The zero-order chi connectivity index (χ0) is 28.8. The number of amides is 5. The molecule has 1 aliphatic heterocycles. The summed E-state index contributed by atoms with van der Waals surface area (Å²) in [6.45, 7) is 4.19. The third-order valence-electron chi connectivity index (χ3n) is 5.81. The molecule has 8 N–H and O–H groups in total. The van der Waals surface area contributed by atoms with E-state index in [0.29, 0.717) is 37.2 Å². The summed E-state index contributed by atoms with van der Waals surface area (Å²) in [4.78, 5) is 59.8. The summed E-state index contributed by atoms with van der Waals surface area (Å²) in [5.41, 5.74) is 9.32. The predicted octanol–water partition coefficient (Wildman–Crippen LogP) is 0.741. The van der Waals surface area contributed by atoms with Crippen molar-refractivity contribution in [2.24, 2.45) is 17.5 Å². The zero-order valence-electron chi connectivity index (χ0n) is 22.2. The summed E-state index contributed by atoms with van der Waals surface area (Å²) in [7, 11) is 0. The summed E-state index contributed by atoms with van der Waals surface area (Å²) in [5.74, 6) is 4.62. The van der Waals surface area contributed by atoms with E-state index < -0.39 is 12.1 Å². The van der Waals surface area contributed by atoms with Crippen LogP contribution in [0.25, 0.3) is 0 Å². The van der Waals surface area contributed by atoms with Crippen molar-refractivity contribution in [1.29, 1.82) is 0 Å². The Labute approximate surface area is 227 Å². The fraction of sp³-hybridized carbons (Fsp3) is 0.423. The van der Waals surface area contributed by atoms with Crippen molar-refractivity contribution in [2.75, 3.05) is 18.4 Å². The maximum Gasteiger partial charge on any atom is 0.404 e. The lowest BCUT2D eigenvalue weighted by atomic mass is 10.0. The molecule has 0 saturated heterocycles. The van der Waals surface area contributed by atoms with Crippen LogP contribution in [0.1, 0.15) is 45.1 Å². The molecule has 1 aromatic carbocycles. The molecule has 5 amide bonds. The Morgan fingerprint density at radius 3 is 2.26 bits per heavy atom. The van der Waals surface area contributed by atoms with Crippen LogP contribution in [0.15, 0.2) is 48.3 Å². The summed E-state index contributed by atoms with van der Waals surface area (Å²) >= 11 is 0. The number of nitrogens with one attached hydrogen (secondary N) is 4. The van der Waals surface area contributed by atoms with Crippen molar-refractivity contribution < 1.29 is 28.7 Å². The van der Waals surface area contributed by atoms with E-state index in [0.717, 1.165) is 5.56 Å². The number of hydrogen-bond acceptors (Lipinski definition) is 9. The molecule has 0 unspecified atom stereocenters. The fourth-order valence-corrected chi connectivity index (χ4v) is 3.75. The first-order valence-electron chi connectivity index (χ1n) is 12.6. The van der Waals surface area contributed by atoms with Crippen molar-refractivity contribution in [1.82, 2.24) is 21.0 Å². The van der Waals surface area contributed by atoms with E-state index in [9.17, 15) is 24.0 Å². The van der Waals surface area contributed by atoms with Crippen molar-refractivity contribution >= 4 is 35.4 Å². The van der Waals surface area contributed by atoms with Crippen LogP contribution in [0, 0.1) is 5.92 Å². The Morgan fingerprint density at radius 1 is 1.00 bits per heavy atom. The molecule has 0 spiro atoms. The van der Waals surface area contributed by atoms with Crippen LogP contribution in [0.3, 0.4) is 0 Å². The van der Waals surface area contributed by atoms with Gasteiger partial charge in [0.15, 0.2) is 0 Å². The molecule has 0 saturated carbocycles. The minimum atomic E-state index is -0.863. The quantitative estimate of drug-likeness (QED) is 0.0753. The van der Waals surface area contributed by atoms with Gasteiger partial charge in [-0.05, 0) is 36.5 Å². The SMILES string of the molecule is CC(C)[C@H](NC(=O)CCCCCN1C(=O)C=CC1=O)/C(=C/NCC(=O)Nc1ccc(COC(N)=O)cc1)NN. The van der Waals surface area contributed by atoms with E-state index in [2.05, 4.69) is 21.4 Å². The highest BCUT2D eigenvalue weighted by molar-refractivity contribution is 6.12. The number of benzene rings is 1. The van der Waals surface area contributed by atoms with Crippen LogP contribution in [0.5, 0.6) is 0 Å². The number of primary amides is 1. The van der Waals surface area contributed by atoms with Crippen LogP contribution < -0.4 is 33.0 Å². The lowest BCUT2D eigenvalue weighted by molar-refractivity contribution is -0.137. The van der Waals surface area contributed by atoms with Crippen LogP contribution >= 0.6 is 0 Å². The van der Waals surface area contributed by atoms with Gasteiger partial charge in [0.05, 0.1) is 18.3 Å². The fourth-order valence-electron chi connectivity index (χ4n) is 3.75. The Kier molecular flexibility index (Phi) is 12.5. The van der Waals surface area contributed by atoms with Crippen LogP contribution in [-0.2, 0) is 30.5 Å². The number of carbonyl (C=O) groups is 5. The smallest absolute Gasteiger partial charge is 0.404 e. The lowest BCUT2D eigenvalue weighted by Crippen LogP contribution is -2.46. The lowest BCUT2D eigenvalue weighted by Gasteiger charge is -2.25. The van der Waals surface area contributed by atoms with Crippen molar-refractivity contribution in [2.45, 2.75) is 52.2 Å². The second kappa shape index (κ2) is 15.8. The molecule has 13 nitrogen and oxygen atoms in total. The molecule has 0 fully saturated rings. The topological polar surface area (TPSA) is 198 Å². The van der Waals surface area contributed by atoms with Crippen molar-refractivity contribution in [3.8, 4) is 0 Å². The number of nitrogens with two attached hydrogens (primary N) is 2. The normalized spacial score (nSPS) is 13.8. The van der Waals surface area contributed by atoms with Gasteiger partial charge in [-0.25, -0.2) is 4.79 Å². The molecule has 1 aliphatic rings. The molecule has 13 heteroatoms. The van der Waals surface area contributed by atoms with E-state index in [-0.39, 0.29) is 49.1 Å². The van der Waals surface area contributed by atoms with Crippen LogP contribution in [-0.4, -0.2) is 53.8 Å². The first-order valence-corrected chi connectivity index (χ1v) is 12.6. The number of ether oxygens (including phenoxy) is 1. The summed E-state index contributed by atoms with van der Waals surface area (Å²) < 4.78 is 4.72. The van der Waals surface area contributed by atoms with E-state index in [1.165, 1.54) is 17.1 Å². The highest BCUT2D eigenvalue weighted by Crippen LogP contribution is 2.12. The maximum atomic E-state index is 12.5. The Balaban J connectivity index is 1.76. The van der Waals surface area contributed by atoms with Crippen LogP contribution in [0.4, 0.5) is 10.5 Å². The zero-order valence-corrected chi connectivity index (χ0v) is 22.2. The van der Waals surface area contributed by atoms with Gasteiger partial charge in [0.25, 0.3) is 11.8 Å². The number of anilines is 1. The molecule has 2 rings (SSSR count). The molecule has 0 radical (unpaired) electrons. The first kappa shape index (κ1) is 30.8. The second-order valence-corrected chi connectivity index (χ2v) is 9.24. The number of imide groups is 1. The number of unbranched alkanes of at least 4 members (excludes halogenated alkanes) is 2. The Morgan fingerprint density at radius 2 is 1.67 bits per heavy atom. The van der Waals surface area contributed by atoms with E-state index in [4.69, 9.17) is 16.3 Å². The van der Waals surface area contributed by atoms with Gasteiger partial charge >= 0.3 is 6.09 Å². The molecule has 1 aromatic rings. The van der Waals surface area contributed by atoms with Crippen LogP contribution in [0.2, 0.25) is 0 Å². The predicted molar refractivity (Wildman–Crippen MR) is 144 cm³/mol. The monoisotopic (exact) mass is 543 g/mol. The minimum absolute atomic E-state index is 0.00336. The van der Waals surface area contributed by atoms with Crippen molar-refractivity contribution in [3.63, 3.8) is 0 Å². The van der Waals surface area contributed by atoms with Gasteiger partial charge in [-0.15, -0.1) is 0 Å². The third-order valence-corrected chi connectivity index (χ3v) is 5.81. The van der Waals surface area contributed by atoms with E-state index in [1.54, 1.807) is 30.5 Å². The molecule has 1 heterocycles. The van der Waals surface area contributed by atoms with Crippen molar-refractivity contribution in [3.05, 3.63) is 53.9 Å². The maximum absolute atomic E-state index is 12.5. The summed E-state index contributed by atoms with van der Waals surface area (Å²) in [6, 6.07) is 6.33. The largest absolute Gasteiger partial charge is 0.445 e. The number of nitrogens with zero attached hydrogens (tertiary/aromatic N) is 1. The third kappa shape index (κ3) is 10.9. The molecule has 0 aromatic heterocycles. The van der Waals surface area contributed by atoms with E-state index in [1.807, 2.05) is 13.8 Å².